The minimum atomic E-state index is -0.434. The monoisotopic (exact) mass is 614 g/mol. The molecule has 0 unspecified atom stereocenters. The Morgan fingerprint density at radius 1 is 1.06 bits per heavy atom. The van der Waals surface area contributed by atoms with E-state index in [0.29, 0.717) is 30.3 Å². The zero-order valence-corrected chi connectivity index (χ0v) is 21.7. The minimum absolute atomic E-state index is 0.0420. The quantitative estimate of drug-likeness (QED) is 0.206. The molecule has 0 spiro atoms. The van der Waals surface area contributed by atoms with Gasteiger partial charge in [-0.05, 0) is 83.2 Å². The molecule has 6 nitrogen and oxygen atoms in total. The van der Waals surface area contributed by atoms with Gasteiger partial charge in [0.15, 0.2) is 16.6 Å². The second-order valence-corrected chi connectivity index (χ2v) is 9.19. The molecule has 1 aliphatic heterocycles. The first-order valence-corrected chi connectivity index (χ1v) is 11.7. The van der Waals surface area contributed by atoms with Crippen molar-refractivity contribution in [3.63, 3.8) is 0 Å². The van der Waals surface area contributed by atoms with Crippen molar-refractivity contribution in [1.29, 1.82) is 0 Å². The number of amides is 2. The molecule has 0 radical (unpaired) electrons. The highest BCUT2D eigenvalue weighted by Gasteiger charge is 2.35. The highest BCUT2D eigenvalue weighted by Crippen LogP contribution is 2.36. The number of carbonyl (C=O) groups excluding carboxylic acids is 2. The van der Waals surface area contributed by atoms with Crippen LogP contribution in [0.3, 0.4) is 0 Å². The summed E-state index contributed by atoms with van der Waals surface area (Å²) in [6, 6.07) is 11.5. The molecule has 1 heterocycles. The van der Waals surface area contributed by atoms with Crippen LogP contribution in [-0.4, -0.2) is 47.4 Å². The summed E-state index contributed by atoms with van der Waals surface area (Å²) >= 11 is 10.7. The van der Waals surface area contributed by atoms with Gasteiger partial charge in [-0.3, -0.25) is 19.4 Å². The summed E-state index contributed by atoms with van der Waals surface area (Å²) in [5.74, 6) is 0.295. The second-order valence-electron chi connectivity index (χ2n) is 6.75. The number of hydrogen-bond donors (Lipinski definition) is 0. The van der Waals surface area contributed by atoms with Crippen LogP contribution < -0.4 is 9.47 Å². The molecule has 1 aliphatic rings. The molecule has 0 N–H and O–H groups in total. The summed E-state index contributed by atoms with van der Waals surface area (Å²) in [7, 11) is 3.10. The number of carbonyl (C=O) groups is 2. The molecule has 2 aromatic rings. The van der Waals surface area contributed by atoms with Gasteiger partial charge < -0.3 is 9.47 Å². The third-order valence-electron chi connectivity index (χ3n) is 4.58. The van der Waals surface area contributed by atoms with Crippen molar-refractivity contribution in [3.05, 3.63) is 61.1 Å². The fraction of sp³-hybridized carbons (Fsp3) is 0.227. The Morgan fingerprint density at radius 3 is 2.26 bits per heavy atom. The Bertz CT molecular complexity index is 1050. The third kappa shape index (κ3) is 5.27. The lowest BCUT2D eigenvalue weighted by Crippen LogP contribution is -2.52. The van der Waals surface area contributed by atoms with E-state index in [2.05, 4.69) is 38.5 Å². The number of benzene rings is 2. The van der Waals surface area contributed by atoms with Gasteiger partial charge in [0, 0.05) is 18.6 Å². The first-order chi connectivity index (χ1) is 14.7. The third-order valence-corrected chi connectivity index (χ3v) is 6.46. The maximum absolute atomic E-state index is 12.6. The van der Waals surface area contributed by atoms with E-state index in [-0.39, 0.29) is 10.7 Å². The molecule has 0 aromatic heterocycles. The average molecular weight is 615 g/mol. The predicted octanol–water partition coefficient (Wildman–Crippen LogP) is 4.63. The van der Waals surface area contributed by atoms with Gasteiger partial charge in [-0.1, -0.05) is 28.1 Å². The van der Waals surface area contributed by atoms with Crippen LogP contribution in [0.25, 0.3) is 6.08 Å². The summed E-state index contributed by atoms with van der Waals surface area (Å²) in [6.07, 6.45) is 1.56. The standard InChI is InChI=1S/C22H20BrIN2O4S/c1-4-29-18-11-14(9-16-20(27)25(2)22(31)26(3)21(16)28)10-17(24)19(18)30-12-13-5-7-15(23)8-6-13/h5-11H,4,12H2,1-3H3. The normalized spacial score (nSPS) is 14.2. The van der Waals surface area contributed by atoms with Gasteiger partial charge in [-0.2, -0.15) is 0 Å². The van der Waals surface area contributed by atoms with Gasteiger partial charge in [-0.15, -0.1) is 0 Å². The van der Waals surface area contributed by atoms with Crippen LogP contribution in [0.1, 0.15) is 18.1 Å². The van der Waals surface area contributed by atoms with Crippen molar-refractivity contribution >= 4 is 73.7 Å². The smallest absolute Gasteiger partial charge is 0.265 e. The zero-order chi connectivity index (χ0) is 22.7. The van der Waals surface area contributed by atoms with E-state index in [9.17, 15) is 9.59 Å². The zero-order valence-electron chi connectivity index (χ0n) is 17.1. The van der Waals surface area contributed by atoms with E-state index in [0.717, 1.165) is 13.6 Å². The summed E-state index contributed by atoms with van der Waals surface area (Å²) in [5, 5.41) is 0.174. The van der Waals surface area contributed by atoms with E-state index in [1.54, 1.807) is 26.2 Å². The molecule has 1 fully saturated rings. The Balaban J connectivity index is 1.93. The molecular formula is C22H20BrIN2O4S. The number of ether oxygens (including phenoxy) is 2. The SMILES string of the molecule is CCOc1cc(C=C2C(=O)N(C)C(=S)N(C)C2=O)cc(I)c1OCc1ccc(Br)cc1. The van der Waals surface area contributed by atoms with Crippen molar-refractivity contribution in [1.82, 2.24) is 9.80 Å². The van der Waals surface area contributed by atoms with Gasteiger partial charge in [0.05, 0.1) is 10.2 Å². The van der Waals surface area contributed by atoms with Gasteiger partial charge in [0.2, 0.25) is 0 Å². The summed E-state index contributed by atoms with van der Waals surface area (Å²) < 4.78 is 13.6. The molecule has 0 bridgehead atoms. The van der Waals surface area contributed by atoms with Crippen molar-refractivity contribution in [2.45, 2.75) is 13.5 Å². The second kappa shape index (κ2) is 10.1. The maximum Gasteiger partial charge on any atom is 0.265 e. The van der Waals surface area contributed by atoms with Crippen LogP contribution in [0, 0.1) is 3.57 Å². The molecular weight excluding hydrogens is 595 g/mol. The number of likely N-dealkylation sites (N-methyl/N-ethyl adjacent to an activating group) is 2. The molecule has 31 heavy (non-hydrogen) atoms. The first-order valence-electron chi connectivity index (χ1n) is 9.38. The van der Waals surface area contributed by atoms with Crippen molar-refractivity contribution in [2.24, 2.45) is 0 Å². The number of halogens is 2. The van der Waals surface area contributed by atoms with Crippen LogP contribution in [0.2, 0.25) is 0 Å². The molecule has 0 aliphatic carbocycles. The minimum Gasteiger partial charge on any atom is -0.490 e. The molecule has 3 rings (SSSR count). The molecule has 1 saturated heterocycles. The lowest BCUT2D eigenvalue weighted by Gasteiger charge is -2.31. The summed E-state index contributed by atoms with van der Waals surface area (Å²) in [5.41, 5.74) is 1.73. The van der Waals surface area contributed by atoms with E-state index >= 15 is 0 Å². The molecule has 162 valence electrons. The van der Waals surface area contributed by atoms with E-state index in [4.69, 9.17) is 21.7 Å². The molecule has 2 amide bonds. The van der Waals surface area contributed by atoms with Crippen LogP contribution in [0.4, 0.5) is 0 Å². The number of nitrogens with zero attached hydrogens (tertiary/aromatic N) is 2. The van der Waals surface area contributed by atoms with Crippen molar-refractivity contribution < 1.29 is 19.1 Å². The Morgan fingerprint density at radius 2 is 1.68 bits per heavy atom. The summed E-state index contributed by atoms with van der Waals surface area (Å²) in [6.45, 7) is 2.71. The van der Waals surface area contributed by atoms with Gasteiger partial charge in [-0.25, -0.2) is 0 Å². The van der Waals surface area contributed by atoms with Crippen molar-refractivity contribution in [3.8, 4) is 11.5 Å². The Hall–Kier alpha value is -1.98. The van der Waals surface area contributed by atoms with Crippen LogP contribution in [-0.2, 0) is 16.2 Å². The molecule has 2 aromatic carbocycles. The fourth-order valence-corrected chi connectivity index (χ4v) is 4.16. The summed E-state index contributed by atoms with van der Waals surface area (Å²) in [4.78, 5) is 27.8. The predicted molar refractivity (Wildman–Crippen MR) is 135 cm³/mol. The van der Waals surface area contributed by atoms with E-state index in [1.807, 2.05) is 37.3 Å². The van der Waals surface area contributed by atoms with E-state index < -0.39 is 11.8 Å². The maximum atomic E-state index is 12.6. The van der Waals surface area contributed by atoms with Gasteiger partial charge in [0.1, 0.15) is 12.2 Å². The Labute approximate surface area is 208 Å². The molecule has 0 atom stereocenters. The lowest BCUT2D eigenvalue weighted by atomic mass is 10.1. The van der Waals surface area contributed by atoms with Crippen LogP contribution in [0.5, 0.6) is 11.5 Å². The number of thiocarbonyl (C=S) groups is 1. The number of hydrogen-bond acceptors (Lipinski definition) is 5. The average Bonchev–Trinajstić information content (AvgIpc) is 2.75. The largest absolute Gasteiger partial charge is 0.490 e. The van der Waals surface area contributed by atoms with Crippen LogP contribution >= 0.6 is 50.7 Å². The molecule has 0 saturated carbocycles. The van der Waals surface area contributed by atoms with Crippen LogP contribution in [0.15, 0.2) is 46.4 Å². The first kappa shape index (κ1) is 23.7. The number of rotatable bonds is 6. The molecule has 9 heteroatoms. The van der Waals surface area contributed by atoms with Gasteiger partial charge >= 0.3 is 0 Å². The fourth-order valence-electron chi connectivity index (χ4n) is 2.95. The lowest BCUT2D eigenvalue weighted by molar-refractivity contribution is -0.132. The van der Waals surface area contributed by atoms with Gasteiger partial charge in [0.25, 0.3) is 11.8 Å². The Kier molecular flexibility index (Phi) is 7.71. The highest BCUT2D eigenvalue weighted by molar-refractivity contribution is 14.1. The van der Waals surface area contributed by atoms with Crippen molar-refractivity contribution in [2.75, 3.05) is 20.7 Å². The van der Waals surface area contributed by atoms with E-state index in [1.165, 1.54) is 9.80 Å². The topological polar surface area (TPSA) is 59.1 Å². The highest BCUT2D eigenvalue weighted by atomic mass is 127.